The first-order valence-electron chi connectivity index (χ1n) is 11.5. The van der Waals surface area contributed by atoms with Crippen molar-refractivity contribution in [1.29, 1.82) is 0 Å². The smallest absolute Gasteiger partial charge is 0.238 e. The minimum atomic E-state index is -2.64. The summed E-state index contributed by atoms with van der Waals surface area (Å²) in [6.45, 7) is 1.56. The number of rotatable bonds is 6. The molecule has 0 saturated heterocycles. The number of carbonyl (C=O) groups excluding carboxylic acids is 4. The highest BCUT2D eigenvalue weighted by atomic mass is 35.5. The van der Waals surface area contributed by atoms with Crippen molar-refractivity contribution in [2.24, 2.45) is 23.5 Å². The van der Waals surface area contributed by atoms with Crippen molar-refractivity contribution in [3.63, 3.8) is 0 Å². The van der Waals surface area contributed by atoms with Crippen molar-refractivity contribution in [3.8, 4) is 5.75 Å². The molecule has 6 atom stereocenters. The first-order chi connectivity index (χ1) is 16.9. The number of fused-ring (bicyclic) bond motifs is 3. The normalized spacial score (nSPS) is 28.6. The van der Waals surface area contributed by atoms with Gasteiger partial charge in [0, 0.05) is 30.9 Å². The highest BCUT2D eigenvalue weighted by Crippen LogP contribution is 2.53. The van der Waals surface area contributed by atoms with Crippen molar-refractivity contribution in [2.75, 3.05) is 19.0 Å². The summed E-state index contributed by atoms with van der Waals surface area (Å²) in [5.74, 6) is -8.14. The number of nitrogens with two attached hydrogens (primary N) is 1. The maximum absolute atomic E-state index is 13.5. The molecule has 2 fully saturated rings. The first kappa shape index (κ1) is 31.5. The van der Waals surface area contributed by atoms with Crippen LogP contribution in [0.2, 0.25) is 0 Å². The van der Waals surface area contributed by atoms with E-state index in [0.717, 1.165) is 0 Å². The number of ether oxygens (including phenoxy) is 1. The molecule has 0 spiro atoms. The Bertz CT molecular complexity index is 1190. The van der Waals surface area contributed by atoms with Gasteiger partial charge < -0.3 is 36.2 Å². The number of nitrogens with one attached hydrogen (secondary N) is 2. The van der Waals surface area contributed by atoms with Crippen LogP contribution >= 0.6 is 24.8 Å². The Morgan fingerprint density at radius 3 is 2.47 bits per heavy atom. The summed E-state index contributed by atoms with van der Waals surface area (Å²) in [5, 5.41) is 48.7. The molecule has 3 aliphatic rings. The van der Waals surface area contributed by atoms with Crippen LogP contribution in [-0.4, -0.2) is 75.4 Å². The van der Waals surface area contributed by atoms with Crippen LogP contribution in [0.15, 0.2) is 17.7 Å². The zero-order valence-electron chi connectivity index (χ0n) is 20.6. The highest BCUT2D eigenvalue weighted by Gasteiger charge is 2.65. The number of halogens is 2. The van der Waals surface area contributed by atoms with E-state index in [2.05, 4.69) is 10.6 Å². The zero-order chi connectivity index (χ0) is 26.5. The molecule has 12 nitrogen and oxygen atoms in total. The monoisotopic (exact) mass is 575 g/mol. The molecule has 1 aromatic rings. The number of ketones is 2. The number of phenols is 1. The van der Waals surface area contributed by atoms with Gasteiger partial charge in [0.05, 0.1) is 29.8 Å². The van der Waals surface area contributed by atoms with Crippen LogP contribution in [-0.2, 0) is 30.3 Å². The maximum Gasteiger partial charge on any atom is 0.238 e. The zero-order valence-corrected chi connectivity index (χ0v) is 22.2. The number of phenolic OH excluding ortho intramolecular Hbond substituents is 1. The van der Waals surface area contributed by atoms with Crippen LogP contribution in [0.3, 0.4) is 0 Å². The van der Waals surface area contributed by atoms with Gasteiger partial charge in [0.1, 0.15) is 17.7 Å². The van der Waals surface area contributed by atoms with E-state index in [1.54, 1.807) is 6.92 Å². The molecular weight excluding hydrogens is 545 g/mol. The number of Topliss-reactive ketones (excluding diaryl/α,β-unsaturated/α-hetero) is 2. The van der Waals surface area contributed by atoms with Gasteiger partial charge in [0.25, 0.3) is 0 Å². The van der Waals surface area contributed by atoms with Gasteiger partial charge in [-0.3, -0.25) is 24.5 Å². The van der Waals surface area contributed by atoms with E-state index in [9.17, 15) is 39.6 Å². The van der Waals surface area contributed by atoms with Gasteiger partial charge in [-0.15, -0.1) is 24.8 Å². The number of aliphatic hydroxyl groups is 3. The number of hydrogen-bond acceptors (Lipinski definition) is 10. The SMILES string of the molecule is COC(C)NCC(=O)Nc1ccc2c(c1O)C(O)=C1C(=O)C3(O)C(=O)CC(O)CC3C(C(N)=O)C1C2.Cl.Cl. The Balaban J connectivity index is 0.00000253. The lowest BCUT2D eigenvalue weighted by atomic mass is 9.53. The average molecular weight is 576 g/mol. The third kappa shape index (κ3) is 4.99. The van der Waals surface area contributed by atoms with E-state index in [1.807, 2.05) is 0 Å². The molecule has 0 radical (unpaired) electrons. The van der Waals surface area contributed by atoms with Crippen molar-refractivity contribution in [3.05, 3.63) is 28.8 Å². The molecule has 210 valence electrons. The number of anilines is 1. The second-order valence-corrected chi connectivity index (χ2v) is 9.52. The van der Waals surface area contributed by atoms with E-state index >= 15 is 0 Å². The third-order valence-corrected chi connectivity index (χ3v) is 7.44. The number of hydrogen-bond donors (Lipinski definition) is 7. The molecule has 2 amide bonds. The first-order valence-corrected chi connectivity index (χ1v) is 11.5. The van der Waals surface area contributed by atoms with Gasteiger partial charge in [0.2, 0.25) is 17.6 Å². The van der Waals surface area contributed by atoms with Crippen molar-refractivity contribution in [2.45, 2.75) is 44.1 Å². The second-order valence-electron chi connectivity index (χ2n) is 9.52. The van der Waals surface area contributed by atoms with Gasteiger partial charge in [-0.25, -0.2) is 0 Å². The number of benzene rings is 1. The number of primary amides is 1. The van der Waals surface area contributed by atoms with E-state index in [1.165, 1.54) is 19.2 Å². The van der Waals surface area contributed by atoms with Crippen molar-refractivity contribution < 1.29 is 44.3 Å². The fourth-order valence-electron chi connectivity index (χ4n) is 5.62. The van der Waals surface area contributed by atoms with E-state index in [-0.39, 0.29) is 61.0 Å². The summed E-state index contributed by atoms with van der Waals surface area (Å²) in [6, 6.07) is 2.94. The van der Waals surface area contributed by atoms with Crippen LogP contribution in [0.4, 0.5) is 5.69 Å². The van der Waals surface area contributed by atoms with Gasteiger partial charge in [-0.05, 0) is 31.4 Å². The van der Waals surface area contributed by atoms with Crippen LogP contribution in [0.1, 0.15) is 30.9 Å². The Hall–Kier alpha value is -2.74. The number of amides is 2. The fourth-order valence-corrected chi connectivity index (χ4v) is 5.62. The standard InChI is InChI=1S/C24H29N3O9.2ClH/c1-9(36-2)26-8-16(30)27-14-4-3-10-5-12-18(23(25)34)13-6-11(28)7-15(29)24(13,35)22(33)19(12)21(32)17(10)20(14)31;;/h3-4,9,11-13,18,26,28,31-32,35H,5-8H2,1-2H3,(H2,25,34)(H,27,30);2*1H. The third-order valence-electron chi connectivity index (χ3n) is 7.44. The summed E-state index contributed by atoms with van der Waals surface area (Å²) in [6.07, 6.45) is -2.24. The van der Waals surface area contributed by atoms with Gasteiger partial charge >= 0.3 is 0 Å². The molecule has 6 unspecified atom stereocenters. The van der Waals surface area contributed by atoms with E-state index in [4.69, 9.17) is 10.5 Å². The van der Waals surface area contributed by atoms with Crippen LogP contribution in [0.25, 0.3) is 5.76 Å². The summed E-state index contributed by atoms with van der Waals surface area (Å²) < 4.78 is 5.01. The van der Waals surface area contributed by atoms with E-state index in [0.29, 0.717) is 5.56 Å². The maximum atomic E-state index is 13.5. The molecule has 3 aliphatic carbocycles. The molecule has 0 heterocycles. The second kappa shape index (κ2) is 11.6. The largest absolute Gasteiger partial charge is 0.507 e. The molecule has 0 aromatic heterocycles. The Kier molecular flexibility index (Phi) is 9.58. The lowest BCUT2D eigenvalue weighted by molar-refractivity contribution is -0.173. The summed E-state index contributed by atoms with van der Waals surface area (Å²) >= 11 is 0. The molecule has 0 aliphatic heterocycles. The van der Waals surface area contributed by atoms with Gasteiger partial charge in [0.15, 0.2) is 11.4 Å². The lowest BCUT2D eigenvalue weighted by Gasteiger charge is -2.50. The van der Waals surface area contributed by atoms with Crippen LogP contribution in [0.5, 0.6) is 5.75 Å². The number of methoxy groups -OCH3 is 1. The molecule has 38 heavy (non-hydrogen) atoms. The molecule has 2 saturated carbocycles. The lowest BCUT2D eigenvalue weighted by Crippen LogP contribution is -2.66. The quantitative estimate of drug-likeness (QED) is 0.136. The molecular formula is C24H31Cl2N3O9. The molecule has 8 N–H and O–H groups in total. The highest BCUT2D eigenvalue weighted by molar-refractivity contribution is 6.22. The minimum absolute atomic E-state index is 0. The number of aromatic hydroxyl groups is 1. The number of aliphatic hydroxyl groups excluding tert-OH is 2. The molecule has 14 heteroatoms. The predicted octanol–water partition coefficient (Wildman–Crippen LogP) is -0.0470. The Morgan fingerprint density at radius 2 is 1.87 bits per heavy atom. The molecule has 4 rings (SSSR count). The fraction of sp³-hybridized carbons (Fsp3) is 0.500. The topological polar surface area (TPSA) is 209 Å². The number of carbonyl (C=O) groups is 4. The summed E-state index contributed by atoms with van der Waals surface area (Å²) in [5.41, 5.74) is 2.79. The van der Waals surface area contributed by atoms with Gasteiger partial charge in [-0.2, -0.15) is 0 Å². The van der Waals surface area contributed by atoms with Crippen molar-refractivity contribution >= 4 is 59.6 Å². The predicted molar refractivity (Wildman–Crippen MR) is 139 cm³/mol. The van der Waals surface area contributed by atoms with Crippen molar-refractivity contribution in [1.82, 2.24) is 5.32 Å². The average Bonchev–Trinajstić information content (AvgIpc) is 2.81. The van der Waals surface area contributed by atoms with E-state index < -0.39 is 77.0 Å². The summed E-state index contributed by atoms with van der Waals surface area (Å²) in [7, 11) is 1.46. The minimum Gasteiger partial charge on any atom is -0.507 e. The van der Waals surface area contributed by atoms with Crippen LogP contribution in [0, 0.1) is 17.8 Å². The summed E-state index contributed by atoms with van der Waals surface area (Å²) in [4.78, 5) is 51.0. The van der Waals surface area contributed by atoms with Crippen LogP contribution < -0.4 is 16.4 Å². The molecule has 0 bridgehead atoms. The molecule has 1 aromatic carbocycles. The Labute approximate surface area is 230 Å². The van der Waals surface area contributed by atoms with Gasteiger partial charge in [-0.1, -0.05) is 6.07 Å². The Morgan fingerprint density at radius 1 is 1.21 bits per heavy atom.